The molecular formula is C47H40N4. The third-order valence-corrected chi connectivity index (χ3v) is 10.8. The number of nitrogens with zero attached hydrogens (tertiary/aromatic N) is 4. The number of allylic oxidation sites excluding steroid dienone is 7. The molecule has 2 aliphatic carbocycles. The Hall–Kier alpha value is -6.00. The molecular weight excluding hydrogens is 621 g/mol. The lowest BCUT2D eigenvalue weighted by Crippen LogP contribution is -2.31. The van der Waals surface area contributed by atoms with Gasteiger partial charge in [0.1, 0.15) is 0 Å². The minimum atomic E-state index is 0.185. The summed E-state index contributed by atoms with van der Waals surface area (Å²) in [6.07, 6.45) is 24.0. The van der Waals surface area contributed by atoms with Crippen molar-refractivity contribution in [2.45, 2.75) is 45.6 Å². The Morgan fingerprint density at radius 2 is 1.67 bits per heavy atom. The highest BCUT2D eigenvalue weighted by atomic mass is 15.2. The molecule has 3 aliphatic rings. The molecule has 4 nitrogen and oxygen atoms in total. The van der Waals surface area contributed by atoms with Crippen molar-refractivity contribution in [3.05, 3.63) is 174 Å². The summed E-state index contributed by atoms with van der Waals surface area (Å²) in [6, 6.07) is 29.0. The molecule has 0 radical (unpaired) electrons. The fraction of sp³-hybridized carbons (Fsp3) is 0.149. The van der Waals surface area contributed by atoms with Crippen LogP contribution in [0.2, 0.25) is 0 Å². The largest absolute Gasteiger partial charge is 0.333 e. The third kappa shape index (κ3) is 4.89. The standard InChI is InChI=1S/C47H40N4/c1-5-16-34(17-6-2)50-42-24-14-13-22-37(42)41-29-40(35-20-10-11-23-39(35)46(41)50)33-26-27-38-36-21-12-15-25-43(36)51(44(38)28-33)47-48-31(4)30(3)45(49-47)32-18-8-7-9-19-32/h5-11,13-20,22-29,37,42H,1,12,21H2,2-4H3/b17-6-,34-16+/t37-,42?/m0/s1. The van der Waals surface area contributed by atoms with Crippen molar-refractivity contribution in [3.63, 3.8) is 0 Å². The monoisotopic (exact) mass is 660 g/mol. The van der Waals surface area contributed by atoms with Gasteiger partial charge in [0, 0.05) is 33.6 Å². The van der Waals surface area contributed by atoms with Crippen LogP contribution in [0, 0.1) is 13.8 Å². The van der Waals surface area contributed by atoms with E-state index in [1.54, 1.807) is 0 Å². The van der Waals surface area contributed by atoms with Crippen LogP contribution in [0.15, 0.2) is 146 Å². The Bertz CT molecular complexity index is 2540. The highest BCUT2D eigenvalue weighted by molar-refractivity contribution is 6.08. The molecule has 0 saturated heterocycles. The Kier molecular flexibility index (Phi) is 7.54. The smallest absolute Gasteiger partial charge is 0.235 e. The molecule has 4 aromatic carbocycles. The summed E-state index contributed by atoms with van der Waals surface area (Å²) in [7, 11) is 0. The quantitative estimate of drug-likeness (QED) is 0.167. The number of anilines is 1. The van der Waals surface area contributed by atoms with Gasteiger partial charge in [-0.05, 0) is 97.2 Å². The number of benzene rings is 4. The molecule has 3 heterocycles. The summed E-state index contributed by atoms with van der Waals surface area (Å²) in [4.78, 5) is 12.9. The van der Waals surface area contributed by atoms with Gasteiger partial charge in [0.2, 0.25) is 5.95 Å². The molecule has 6 aromatic rings. The topological polar surface area (TPSA) is 34.0 Å². The molecule has 1 unspecified atom stereocenters. The van der Waals surface area contributed by atoms with Crippen LogP contribution in [0.4, 0.5) is 5.69 Å². The zero-order chi connectivity index (χ0) is 34.6. The summed E-state index contributed by atoms with van der Waals surface area (Å²) >= 11 is 0. The Morgan fingerprint density at radius 3 is 2.49 bits per heavy atom. The SMILES string of the molecule is C=C/C=C(\C=C/C)N1c2c(cc(-c3ccc4c5c(n(-c6nc(C)c(C)c(-c7ccccc7)n6)c4c3)C=CCC5)c3ccccc23)[C@@H]2C=CC=CC21. The third-order valence-electron chi connectivity index (χ3n) is 10.8. The molecule has 0 saturated carbocycles. The normalized spacial score (nSPS) is 17.8. The summed E-state index contributed by atoms with van der Waals surface area (Å²) in [5, 5.41) is 3.76. The first kappa shape index (κ1) is 31.0. The molecule has 0 spiro atoms. The van der Waals surface area contributed by atoms with E-state index >= 15 is 0 Å². The van der Waals surface area contributed by atoms with Crippen LogP contribution in [-0.2, 0) is 6.42 Å². The average Bonchev–Trinajstić information content (AvgIpc) is 3.68. The van der Waals surface area contributed by atoms with Gasteiger partial charge < -0.3 is 4.90 Å². The van der Waals surface area contributed by atoms with Crippen LogP contribution in [0.25, 0.3) is 56.1 Å². The fourth-order valence-corrected chi connectivity index (χ4v) is 8.44. The maximum atomic E-state index is 5.28. The van der Waals surface area contributed by atoms with Crippen LogP contribution >= 0.6 is 0 Å². The van der Waals surface area contributed by atoms with Gasteiger partial charge in [0.05, 0.1) is 28.6 Å². The predicted molar refractivity (Wildman–Crippen MR) is 214 cm³/mol. The molecule has 2 atom stereocenters. The van der Waals surface area contributed by atoms with Crippen molar-refractivity contribution in [2.24, 2.45) is 0 Å². The number of fused-ring (bicyclic) bond motifs is 8. The van der Waals surface area contributed by atoms with E-state index in [0.717, 1.165) is 46.6 Å². The van der Waals surface area contributed by atoms with Crippen molar-refractivity contribution in [2.75, 3.05) is 4.90 Å². The first-order valence-corrected chi connectivity index (χ1v) is 18.0. The van der Waals surface area contributed by atoms with Crippen LogP contribution < -0.4 is 4.90 Å². The van der Waals surface area contributed by atoms with Gasteiger partial charge in [0.15, 0.2) is 0 Å². The Morgan fingerprint density at radius 1 is 0.863 bits per heavy atom. The first-order chi connectivity index (χ1) is 25.1. The minimum absolute atomic E-state index is 0.185. The van der Waals surface area contributed by atoms with Gasteiger partial charge in [-0.15, -0.1) is 0 Å². The zero-order valence-corrected chi connectivity index (χ0v) is 29.3. The van der Waals surface area contributed by atoms with E-state index < -0.39 is 0 Å². The molecule has 0 amide bonds. The molecule has 0 N–H and O–H groups in total. The second-order valence-electron chi connectivity index (χ2n) is 13.7. The highest BCUT2D eigenvalue weighted by Gasteiger charge is 2.39. The molecule has 248 valence electrons. The van der Waals surface area contributed by atoms with Crippen molar-refractivity contribution < 1.29 is 0 Å². The first-order valence-electron chi connectivity index (χ1n) is 18.0. The van der Waals surface area contributed by atoms with Crippen molar-refractivity contribution in [1.29, 1.82) is 0 Å². The summed E-state index contributed by atoms with van der Waals surface area (Å²) in [5.74, 6) is 0.950. The Balaban J connectivity index is 1.29. The summed E-state index contributed by atoms with van der Waals surface area (Å²) < 4.78 is 2.30. The second-order valence-corrected chi connectivity index (χ2v) is 13.7. The van der Waals surface area contributed by atoms with Gasteiger partial charge in [0.25, 0.3) is 0 Å². The summed E-state index contributed by atoms with van der Waals surface area (Å²) in [6.45, 7) is 10.4. The fourth-order valence-electron chi connectivity index (χ4n) is 8.44. The predicted octanol–water partition coefficient (Wildman–Crippen LogP) is 11.5. The molecule has 0 fully saturated rings. The van der Waals surface area contributed by atoms with Crippen LogP contribution in [-0.4, -0.2) is 20.6 Å². The lowest BCUT2D eigenvalue weighted by molar-refractivity contribution is 0.730. The van der Waals surface area contributed by atoms with Crippen LogP contribution in [0.3, 0.4) is 0 Å². The van der Waals surface area contributed by atoms with Crippen LogP contribution in [0.1, 0.15) is 47.3 Å². The van der Waals surface area contributed by atoms with E-state index in [1.165, 1.54) is 49.8 Å². The number of rotatable bonds is 6. The van der Waals surface area contributed by atoms with Crippen molar-refractivity contribution >= 4 is 33.4 Å². The number of aryl methyl sites for hydroxylation is 2. The number of hydrogen-bond donors (Lipinski definition) is 0. The van der Waals surface area contributed by atoms with Gasteiger partial charge in [-0.3, -0.25) is 4.57 Å². The molecule has 9 rings (SSSR count). The van der Waals surface area contributed by atoms with E-state index in [9.17, 15) is 0 Å². The molecule has 0 bridgehead atoms. The van der Waals surface area contributed by atoms with E-state index in [-0.39, 0.29) is 12.0 Å². The van der Waals surface area contributed by atoms with Gasteiger partial charge >= 0.3 is 0 Å². The van der Waals surface area contributed by atoms with Gasteiger partial charge in [-0.1, -0.05) is 116 Å². The average molecular weight is 661 g/mol. The minimum Gasteiger partial charge on any atom is -0.333 e. The zero-order valence-electron chi connectivity index (χ0n) is 29.3. The lowest BCUT2D eigenvalue weighted by Gasteiger charge is -2.30. The van der Waals surface area contributed by atoms with Crippen molar-refractivity contribution in [3.8, 4) is 28.3 Å². The highest BCUT2D eigenvalue weighted by Crippen LogP contribution is 2.52. The molecule has 1 aliphatic heterocycles. The van der Waals surface area contributed by atoms with Gasteiger partial charge in [-0.2, -0.15) is 0 Å². The van der Waals surface area contributed by atoms with E-state index in [1.807, 2.05) is 6.08 Å². The second kappa shape index (κ2) is 12.4. The van der Waals surface area contributed by atoms with Crippen molar-refractivity contribution in [1.82, 2.24) is 14.5 Å². The molecule has 4 heteroatoms. The molecule has 51 heavy (non-hydrogen) atoms. The number of aromatic nitrogens is 3. The number of hydrogen-bond acceptors (Lipinski definition) is 3. The Labute approximate surface area is 299 Å². The summed E-state index contributed by atoms with van der Waals surface area (Å²) in [5.41, 5.74) is 14.0. The van der Waals surface area contributed by atoms with E-state index in [0.29, 0.717) is 5.95 Å². The maximum Gasteiger partial charge on any atom is 0.235 e. The van der Waals surface area contributed by atoms with Gasteiger partial charge in [-0.25, -0.2) is 9.97 Å². The van der Waals surface area contributed by atoms with E-state index in [2.05, 4.69) is 170 Å². The lowest BCUT2D eigenvalue weighted by atomic mass is 9.87. The molecule has 2 aromatic heterocycles. The van der Waals surface area contributed by atoms with E-state index in [4.69, 9.17) is 9.97 Å². The van der Waals surface area contributed by atoms with Crippen LogP contribution in [0.5, 0.6) is 0 Å². The maximum absolute atomic E-state index is 5.28.